The Labute approximate surface area is 149 Å². The number of halogens is 1. The van der Waals surface area contributed by atoms with Crippen molar-refractivity contribution in [1.82, 2.24) is 10.3 Å². The van der Waals surface area contributed by atoms with E-state index in [0.717, 1.165) is 24.2 Å². The lowest BCUT2D eigenvalue weighted by Gasteiger charge is -2.06. The number of H-pyrrole nitrogens is 1. The lowest BCUT2D eigenvalue weighted by Crippen LogP contribution is -2.30. The Morgan fingerprint density at radius 1 is 1.12 bits per heavy atom. The molecule has 0 radical (unpaired) electrons. The van der Waals surface area contributed by atoms with Gasteiger partial charge in [-0.05, 0) is 48.4 Å². The lowest BCUT2D eigenvalue weighted by molar-refractivity contribution is 0.0951. The van der Waals surface area contributed by atoms with Gasteiger partial charge in [0.05, 0.1) is 6.26 Å². The number of carbonyl (C=O) groups excluding carboxylic acids is 1. The number of amides is 1. The van der Waals surface area contributed by atoms with Gasteiger partial charge >= 0.3 is 0 Å². The summed E-state index contributed by atoms with van der Waals surface area (Å²) in [6, 6.07) is 14.1. The van der Waals surface area contributed by atoms with Gasteiger partial charge < -0.3 is 14.7 Å². The van der Waals surface area contributed by atoms with E-state index in [0.29, 0.717) is 17.3 Å². The van der Waals surface area contributed by atoms with E-state index in [-0.39, 0.29) is 11.5 Å². The van der Waals surface area contributed by atoms with Crippen molar-refractivity contribution < 1.29 is 9.21 Å². The standard InChI is InChI=1S/C19H17ClN2O3/c20-14-7-5-13(6-8-14)17-10-9-16(19(24)22-17)18(23)21-11-1-3-15-4-2-12-25-15/h2,4-10,12H,1,3,11H2,(H,21,23)(H,22,24). The van der Waals surface area contributed by atoms with Gasteiger partial charge in [0.25, 0.3) is 11.5 Å². The number of aryl methyl sites for hydroxylation is 1. The summed E-state index contributed by atoms with van der Waals surface area (Å²) < 4.78 is 5.23. The third kappa shape index (κ3) is 4.39. The Kier molecular flexibility index (Phi) is 5.36. The van der Waals surface area contributed by atoms with Crippen molar-refractivity contribution in [3.05, 3.63) is 81.5 Å². The molecule has 25 heavy (non-hydrogen) atoms. The Hall–Kier alpha value is -2.79. The monoisotopic (exact) mass is 356 g/mol. The van der Waals surface area contributed by atoms with Crippen LogP contribution in [0.1, 0.15) is 22.5 Å². The van der Waals surface area contributed by atoms with Gasteiger partial charge in [0, 0.05) is 23.7 Å². The summed E-state index contributed by atoms with van der Waals surface area (Å²) in [5.74, 6) is 0.489. The van der Waals surface area contributed by atoms with E-state index in [4.69, 9.17) is 16.0 Å². The Morgan fingerprint density at radius 2 is 1.92 bits per heavy atom. The van der Waals surface area contributed by atoms with Crippen molar-refractivity contribution in [3.8, 4) is 11.3 Å². The van der Waals surface area contributed by atoms with Gasteiger partial charge in [-0.2, -0.15) is 0 Å². The van der Waals surface area contributed by atoms with Gasteiger partial charge in [-0.1, -0.05) is 23.7 Å². The predicted molar refractivity (Wildman–Crippen MR) is 96.9 cm³/mol. The van der Waals surface area contributed by atoms with Gasteiger partial charge in [-0.15, -0.1) is 0 Å². The molecule has 2 heterocycles. The molecular weight excluding hydrogens is 340 g/mol. The molecule has 6 heteroatoms. The van der Waals surface area contributed by atoms with Crippen molar-refractivity contribution in [3.63, 3.8) is 0 Å². The summed E-state index contributed by atoms with van der Waals surface area (Å²) in [5.41, 5.74) is 1.13. The molecule has 0 aliphatic rings. The average molecular weight is 357 g/mol. The number of pyridine rings is 1. The number of benzene rings is 1. The smallest absolute Gasteiger partial charge is 0.261 e. The molecule has 128 valence electrons. The van der Waals surface area contributed by atoms with Crippen LogP contribution in [0.15, 0.2) is 64.0 Å². The molecule has 0 saturated carbocycles. The van der Waals surface area contributed by atoms with Crippen LogP contribution >= 0.6 is 11.6 Å². The Morgan fingerprint density at radius 3 is 2.60 bits per heavy atom. The van der Waals surface area contributed by atoms with Crippen molar-refractivity contribution >= 4 is 17.5 Å². The topological polar surface area (TPSA) is 75.1 Å². The molecule has 0 fully saturated rings. The van der Waals surface area contributed by atoms with E-state index in [1.54, 1.807) is 24.5 Å². The highest BCUT2D eigenvalue weighted by Crippen LogP contribution is 2.18. The molecule has 5 nitrogen and oxygen atoms in total. The second-order valence-electron chi connectivity index (χ2n) is 5.56. The number of aromatic amines is 1. The van der Waals surface area contributed by atoms with Crippen LogP contribution in [0.25, 0.3) is 11.3 Å². The quantitative estimate of drug-likeness (QED) is 0.662. The van der Waals surface area contributed by atoms with Gasteiger partial charge in [-0.3, -0.25) is 9.59 Å². The number of nitrogens with one attached hydrogen (secondary N) is 2. The maximum atomic E-state index is 12.2. The van der Waals surface area contributed by atoms with Crippen molar-refractivity contribution in [2.45, 2.75) is 12.8 Å². The molecule has 0 aliphatic carbocycles. The normalized spacial score (nSPS) is 10.6. The third-order valence-electron chi connectivity index (χ3n) is 3.77. The fourth-order valence-electron chi connectivity index (χ4n) is 2.46. The van der Waals surface area contributed by atoms with Gasteiger partial charge in [-0.25, -0.2) is 0 Å². The highest BCUT2D eigenvalue weighted by atomic mass is 35.5. The van der Waals surface area contributed by atoms with Crippen LogP contribution in [-0.4, -0.2) is 17.4 Å². The highest BCUT2D eigenvalue weighted by molar-refractivity contribution is 6.30. The molecule has 0 atom stereocenters. The molecule has 3 aromatic rings. The zero-order valence-corrected chi connectivity index (χ0v) is 14.2. The number of hydrogen-bond donors (Lipinski definition) is 2. The minimum absolute atomic E-state index is 0.0933. The summed E-state index contributed by atoms with van der Waals surface area (Å²) in [6.45, 7) is 0.470. The van der Waals surface area contributed by atoms with Crippen LogP contribution < -0.4 is 10.9 Å². The number of rotatable bonds is 6. The summed E-state index contributed by atoms with van der Waals surface area (Å²) in [5, 5.41) is 3.37. The lowest BCUT2D eigenvalue weighted by atomic mass is 10.1. The van der Waals surface area contributed by atoms with Crippen molar-refractivity contribution in [1.29, 1.82) is 0 Å². The SMILES string of the molecule is O=C(NCCCc1ccco1)c1ccc(-c2ccc(Cl)cc2)[nH]c1=O. The molecule has 0 saturated heterocycles. The van der Waals surface area contributed by atoms with Crippen molar-refractivity contribution in [2.75, 3.05) is 6.54 Å². The fraction of sp³-hybridized carbons (Fsp3) is 0.158. The van der Waals surface area contributed by atoms with Crippen LogP contribution in [0, 0.1) is 0 Å². The first-order valence-corrected chi connectivity index (χ1v) is 8.31. The minimum Gasteiger partial charge on any atom is -0.469 e. The van der Waals surface area contributed by atoms with E-state index >= 15 is 0 Å². The fourth-order valence-corrected chi connectivity index (χ4v) is 2.59. The van der Waals surface area contributed by atoms with Crippen LogP contribution in [0.2, 0.25) is 5.02 Å². The number of carbonyl (C=O) groups is 1. The maximum Gasteiger partial charge on any atom is 0.261 e. The zero-order chi connectivity index (χ0) is 17.6. The minimum atomic E-state index is -0.420. The predicted octanol–water partition coefficient (Wildman–Crippen LogP) is 3.65. The second-order valence-corrected chi connectivity index (χ2v) is 6.00. The van der Waals surface area contributed by atoms with Crippen LogP contribution in [-0.2, 0) is 6.42 Å². The van der Waals surface area contributed by atoms with E-state index in [1.165, 1.54) is 6.07 Å². The molecule has 0 unspecified atom stereocenters. The molecule has 1 amide bonds. The van der Waals surface area contributed by atoms with E-state index in [9.17, 15) is 9.59 Å². The van der Waals surface area contributed by atoms with E-state index in [2.05, 4.69) is 10.3 Å². The summed E-state index contributed by atoms with van der Waals surface area (Å²) in [7, 11) is 0. The molecule has 3 rings (SSSR count). The molecule has 0 aliphatic heterocycles. The van der Waals surface area contributed by atoms with Crippen LogP contribution in [0.4, 0.5) is 0 Å². The molecule has 0 spiro atoms. The number of furan rings is 1. The number of hydrogen-bond acceptors (Lipinski definition) is 3. The molecular formula is C19H17ClN2O3. The summed E-state index contributed by atoms with van der Waals surface area (Å²) in [4.78, 5) is 27.1. The van der Waals surface area contributed by atoms with E-state index < -0.39 is 5.56 Å². The van der Waals surface area contributed by atoms with Gasteiger partial charge in [0.15, 0.2) is 0 Å². The highest BCUT2D eigenvalue weighted by Gasteiger charge is 2.11. The molecule has 2 N–H and O–H groups in total. The number of aromatic nitrogens is 1. The van der Waals surface area contributed by atoms with Gasteiger partial charge in [0.1, 0.15) is 11.3 Å². The van der Waals surface area contributed by atoms with Gasteiger partial charge in [0.2, 0.25) is 0 Å². The largest absolute Gasteiger partial charge is 0.469 e. The second kappa shape index (κ2) is 7.85. The summed E-state index contributed by atoms with van der Waals surface area (Å²) in [6.07, 6.45) is 3.09. The van der Waals surface area contributed by atoms with Crippen LogP contribution in [0.3, 0.4) is 0 Å². The molecule has 0 bridgehead atoms. The van der Waals surface area contributed by atoms with E-state index in [1.807, 2.05) is 24.3 Å². The van der Waals surface area contributed by atoms with Crippen molar-refractivity contribution in [2.24, 2.45) is 0 Å². The molecule has 1 aromatic carbocycles. The zero-order valence-electron chi connectivity index (χ0n) is 13.4. The Balaban J connectivity index is 1.61. The first-order valence-electron chi connectivity index (χ1n) is 7.93. The molecule has 2 aromatic heterocycles. The third-order valence-corrected chi connectivity index (χ3v) is 4.03. The average Bonchev–Trinajstić information content (AvgIpc) is 3.12. The first kappa shape index (κ1) is 17.0. The first-order chi connectivity index (χ1) is 12.1. The Bertz CT molecular complexity index is 899. The summed E-state index contributed by atoms with van der Waals surface area (Å²) >= 11 is 5.86. The maximum absolute atomic E-state index is 12.2. The van der Waals surface area contributed by atoms with Crippen LogP contribution in [0.5, 0.6) is 0 Å².